The van der Waals surface area contributed by atoms with Gasteiger partial charge in [-0.3, -0.25) is 4.99 Å². The molecule has 0 aromatic heterocycles. The maximum atomic E-state index is 13.6. The zero-order valence-corrected chi connectivity index (χ0v) is 16.2. The molecule has 5 nitrogen and oxygen atoms in total. The van der Waals surface area contributed by atoms with Crippen molar-refractivity contribution in [2.75, 3.05) is 13.1 Å². The van der Waals surface area contributed by atoms with Crippen LogP contribution < -0.4 is 4.72 Å². The molecule has 7 heteroatoms. The van der Waals surface area contributed by atoms with Crippen molar-refractivity contribution in [3.8, 4) is 0 Å². The third-order valence-electron chi connectivity index (χ3n) is 3.34. The fourth-order valence-electron chi connectivity index (χ4n) is 2.44. The molecule has 25 heavy (non-hydrogen) atoms. The van der Waals surface area contributed by atoms with Gasteiger partial charge in [0.15, 0.2) is 0 Å². The van der Waals surface area contributed by atoms with Gasteiger partial charge in [-0.2, -0.15) is 0 Å². The first kappa shape index (κ1) is 21.3. The Morgan fingerprint density at radius 1 is 1.28 bits per heavy atom. The normalized spacial score (nSPS) is 18.4. The van der Waals surface area contributed by atoms with Crippen LogP contribution in [0.2, 0.25) is 0 Å². The highest BCUT2D eigenvalue weighted by molar-refractivity contribution is 7.89. The number of fused-ring (bicyclic) bond motifs is 1. The highest BCUT2D eigenvalue weighted by atomic mass is 32.2. The minimum absolute atomic E-state index is 0.268. The third-order valence-corrected chi connectivity index (χ3v) is 4.90. The second kappa shape index (κ2) is 10.3. The average molecular weight is 370 g/mol. The number of hydrogen-bond donors (Lipinski definition) is 1. The summed E-state index contributed by atoms with van der Waals surface area (Å²) in [5.74, 6) is -0.739. The molecule has 1 N–H and O–H groups in total. The van der Waals surface area contributed by atoms with Crippen molar-refractivity contribution < 1.29 is 12.8 Å². The van der Waals surface area contributed by atoms with Gasteiger partial charge in [0, 0.05) is 24.7 Å². The van der Waals surface area contributed by atoms with Crippen molar-refractivity contribution in [2.24, 2.45) is 4.99 Å². The van der Waals surface area contributed by atoms with Crippen LogP contribution in [0.5, 0.6) is 0 Å². The van der Waals surface area contributed by atoms with E-state index in [4.69, 9.17) is 0 Å². The number of benzene rings is 1. The predicted molar refractivity (Wildman–Crippen MR) is 101 cm³/mol. The van der Waals surface area contributed by atoms with Gasteiger partial charge in [-0.1, -0.05) is 46.2 Å². The summed E-state index contributed by atoms with van der Waals surface area (Å²) < 4.78 is 40.5. The Hall–Kier alpha value is -1.73. The number of rotatable bonds is 3. The fraction of sp³-hybridized carbons (Fsp3) is 0.500. The lowest BCUT2D eigenvalue weighted by Gasteiger charge is -2.16. The smallest absolute Gasteiger partial charge is 0.243 e. The first-order chi connectivity index (χ1) is 12.0. The summed E-state index contributed by atoms with van der Waals surface area (Å²) in [6.07, 6.45) is 5.53. The lowest BCUT2D eigenvalue weighted by atomic mass is 10.2. The minimum atomic E-state index is -3.84. The van der Waals surface area contributed by atoms with E-state index in [2.05, 4.69) is 23.6 Å². The van der Waals surface area contributed by atoms with Gasteiger partial charge < -0.3 is 4.90 Å². The molecule has 1 fully saturated rings. The van der Waals surface area contributed by atoms with Gasteiger partial charge in [0.1, 0.15) is 10.7 Å². The van der Waals surface area contributed by atoms with Crippen molar-refractivity contribution in [1.82, 2.24) is 9.62 Å². The Labute approximate surface area is 150 Å². The minimum Gasteiger partial charge on any atom is -0.335 e. The summed E-state index contributed by atoms with van der Waals surface area (Å²) in [6.45, 7) is 9.39. The Bertz CT molecular complexity index is 702. The van der Waals surface area contributed by atoms with Crippen LogP contribution in [0.4, 0.5) is 4.39 Å². The molecule has 0 unspecified atom stereocenters. The molecule has 2 heterocycles. The van der Waals surface area contributed by atoms with Gasteiger partial charge in [-0.25, -0.2) is 17.5 Å². The Morgan fingerprint density at radius 2 is 1.92 bits per heavy atom. The number of halogens is 1. The van der Waals surface area contributed by atoms with E-state index < -0.39 is 15.8 Å². The van der Waals surface area contributed by atoms with E-state index in [-0.39, 0.29) is 10.9 Å². The molecule has 0 spiro atoms. The number of hydrogen-bond acceptors (Lipinski definition) is 4. The number of sulfonamides is 1. The van der Waals surface area contributed by atoms with Crippen molar-refractivity contribution in [3.63, 3.8) is 0 Å². The van der Waals surface area contributed by atoms with Gasteiger partial charge >= 0.3 is 0 Å². The highest BCUT2D eigenvalue weighted by Gasteiger charge is 2.31. The van der Waals surface area contributed by atoms with Crippen molar-refractivity contribution in [1.29, 1.82) is 0 Å². The molecular formula is C18H28FN3O2S. The molecule has 0 radical (unpaired) electrons. The largest absolute Gasteiger partial charge is 0.335 e. The predicted octanol–water partition coefficient (Wildman–Crippen LogP) is 3.55. The standard InChI is InChI=1S/C13H14FN3O2S.C3H8.C2H6/c14-12-3-1-2-4-13(12)20(18,19)16-10-7-11-5-6-15-9-17(11)8-10;1-3-2;1-2/h1-5,9-10,16H,6-8H2;3H2,1-2H3;1-2H3/t10-;;/m0../s1. The average Bonchev–Trinajstić information content (AvgIpc) is 2.99. The van der Waals surface area contributed by atoms with Gasteiger partial charge in [0.25, 0.3) is 0 Å². The van der Waals surface area contributed by atoms with E-state index in [1.165, 1.54) is 24.6 Å². The molecule has 0 saturated carbocycles. The second-order valence-corrected chi connectivity index (χ2v) is 7.17. The van der Waals surface area contributed by atoms with E-state index in [9.17, 15) is 12.8 Å². The van der Waals surface area contributed by atoms with Crippen LogP contribution in [0.25, 0.3) is 0 Å². The molecule has 0 amide bonds. The summed E-state index contributed by atoms with van der Waals surface area (Å²) >= 11 is 0. The summed E-state index contributed by atoms with van der Waals surface area (Å²) in [7, 11) is -3.84. The first-order valence-corrected chi connectivity index (χ1v) is 10.2. The lowest BCUT2D eigenvalue weighted by molar-refractivity contribution is 0.521. The zero-order chi connectivity index (χ0) is 18.9. The zero-order valence-electron chi connectivity index (χ0n) is 15.4. The summed E-state index contributed by atoms with van der Waals surface area (Å²) in [5.41, 5.74) is 1.06. The topological polar surface area (TPSA) is 61.8 Å². The quantitative estimate of drug-likeness (QED) is 0.886. The molecule has 3 rings (SSSR count). The van der Waals surface area contributed by atoms with Gasteiger partial charge in [0.2, 0.25) is 10.0 Å². The third kappa shape index (κ3) is 5.93. The molecule has 1 aromatic carbocycles. The van der Waals surface area contributed by atoms with Gasteiger partial charge in [-0.15, -0.1) is 0 Å². The van der Waals surface area contributed by atoms with Crippen LogP contribution in [0.1, 0.15) is 40.5 Å². The van der Waals surface area contributed by atoms with E-state index >= 15 is 0 Å². The van der Waals surface area contributed by atoms with E-state index in [0.717, 1.165) is 11.8 Å². The molecule has 2 aliphatic heterocycles. The first-order valence-electron chi connectivity index (χ1n) is 8.70. The summed E-state index contributed by atoms with van der Waals surface area (Å²) in [4.78, 5) is 5.71. The molecule has 1 atom stereocenters. The Kier molecular flexibility index (Phi) is 8.78. The Balaban J connectivity index is 0.000000567. The van der Waals surface area contributed by atoms with Crippen LogP contribution in [0.3, 0.4) is 0 Å². The van der Waals surface area contributed by atoms with E-state index in [1.54, 1.807) is 6.34 Å². The van der Waals surface area contributed by atoms with Crippen LogP contribution in [-0.4, -0.2) is 38.8 Å². The molecule has 140 valence electrons. The van der Waals surface area contributed by atoms with Crippen molar-refractivity contribution in [2.45, 2.75) is 51.5 Å². The van der Waals surface area contributed by atoms with Crippen LogP contribution in [0.15, 0.2) is 45.9 Å². The van der Waals surface area contributed by atoms with E-state index in [0.29, 0.717) is 19.5 Å². The van der Waals surface area contributed by atoms with E-state index in [1.807, 2.05) is 24.8 Å². The van der Waals surface area contributed by atoms with Crippen LogP contribution in [-0.2, 0) is 10.0 Å². The summed E-state index contributed by atoms with van der Waals surface area (Å²) in [5, 5.41) is 0. The summed E-state index contributed by atoms with van der Waals surface area (Å²) in [6, 6.07) is 5.11. The van der Waals surface area contributed by atoms with Crippen LogP contribution >= 0.6 is 0 Å². The molecule has 1 aromatic rings. The number of nitrogens with one attached hydrogen (secondary N) is 1. The molecule has 0 bridgehead atoms. The fourth-order valence-corrected chi connectivity index (χ4v) is 3.75. The maximum absolute atomic E-state index is 13.6. The Morgan fingerprint density at radius 3 is 2.52 bits per heavy atom. The SMILES string of the molecule is CC.CCC.O=S(=O)(N[C@H]1CC2=CCN=CN2C1)c1ccccc1F. The van der Waals surface area contributed by atoms with Gasteiger partial charge in [0.05, 0.1) is 12.9 Å². The van der Waals surface area contributed by atoms with Crippen molar-refractivity contribution >= 4 is 16.4 Å². The van der Waals surface area contributed by atoms with Crippen molar-refractivity contribution in [3.05, 3.63) is 41.9 Å². The van der Waals surface area contributed by atoms with Gasteiger partial charge in [-0.05, 0) is 18.2 Å². The molecule has 1 saturated heterocycles. The maximum Gasteiger partial charge on any atom is 0.243 e. The lowest BCUT2D eigenvalue weighted by Crippen LogP contribution is -2.37. The monoisotopic (exact) mass is 369 g/mol. The van der Waals surface area contributed by atoms with Crippen LogP contribution in [0, 0.1) is 5.82 Å². The number of nitrogens with zero attached hydrogens (tertiary/aromatic N) is 2. The molecule has 0 aliphatic carbocycles. The molecular weight excluding hydrogens is 341 g/mol. The highest BCUT2D eigenvalue weighted by Crippen LogP contribution is 2.23. The second-order valence-electron chi connectivity index (χ2n) is 5.49. The molecule has 2 aliphatic rings. The number of aliphatic imine (C=N–C) groups is 1.